The van der Waals surface area contributed by atoms with Gasteiger partial charge >= 0.3 is 0 Å². The van der Waals surface area contributed by atoms with Crippen molar-refractivity contribution in [2.75, 3.05) is 19.7 Å². The Morgan fingerprint density at radius 3 is 2.82 bits per heavy atom. The molecule has 98 valence electrons. The van der Waals surface area contributed by atoms with Crippen LogP contribution in [0.25, 0.3) is 0 Å². The summed E-state index contributed by atoms with van der Waals surface area (Å²) in [6.45, 7) is 9.52. The summed E-state index contributed by atoms with van der Waals surface area (Å²) >= 11 is 1.80. The Morgan fingerprint density at radius 1 is 1.35 bits per heavy atom. The Bertz CT molecular complexity index is 272. The molecule has 1 aromatic heterocycles. The highest BCUT2D eigenvalue weighted by Gasteiger charge is 2.02. The highest BCUT2D eigenvalue weighted by molar-refractivity contribution is 7.09. The number of rotatable bonds is 9. The molecule has 2 nitrogen and oxygen atoms in total. The predicted octanol–water partition coefficient (Wildman–Crippen LogP) is 3.33. The smallest absolute Gasteiger partial charge is 0.0671 e. The van der Waals surface area contributed by atoms with Crippen molar-refractivity contribution in [2.45, 2.75) is 39.7 Å². The fourth-order valence-electron chi connectivity index (χ4n) is 1.57. The van der Waals surface area contributed by atoms with Crippen molar-refractivity contribution in [3.63, 3.8) is 0 Å². The van der Waals surface area contributed by atoms with E-state index in [0.717, 1.165) is 32.0 Å². The third-order valence-corrected chi connectivity index (χ3v) is 3.60. The summed E-state index contributed by atoms with van der Waals surface area (Å²) in [5, 5.41) is 5.56. The van der Waals surface area contributed by atoms with Crippen LogP contribution in [0.1, 0.15) is 32.1 Å². The number of hydrogen-bond acceptors (Lipinski definition) is 3. The average molecular weight is 255 g/mol. The third kappa shape index (κ3) is 7.53. The van der Waals surface area contributed by atoms with Crippen LogP contribution < -0.4 is 5.32 Å². The first-order valence-corrected chi connectivity index (χ1v) is 7.41. The molecule has 0 aromatic carbocycles. The first-order valence-electron chi connectivity index (χ1n) is 6.53. The molecule has 0 bridgehead atoms. The zero-order valence-corrected chi connectivity index (χ0v) is 12.1. The fourth-order valence-corrected chi connectivity index (χ4v) is 2.26. The molecule has 1 rings (SSSR count). The molecule has 0 spiro atoms. The van der Waals surface area contributed by atoms with Crippen LogP contribution in [0, 0.1) is 5.92 Å². The van der Waals surface area contributed by atoms with E-state index < -0.39 is 0 Å². The molecule has 0 fully saturated rings. The molecule has 0 aliphatic heterocycles. The molecule has 0 radical (unpaired) electrons. The monoisotopic (exact) mass is 255 g/mol. The van der Waals surface area contributed by atoms with E-state index in [1.54, 1.807) is 11.3 Å². The maximum atomic E-state index is 5.77. The Kier molecular flexibility index (Phi) is 7.49. The van der Waals surface area contributed by atoms with Crippen LogP contribution in [0.2, 0.25) is 0 Å². The first kappa shape index (κ1) is 14.7. The quantitative estimate of drug-likeness (QED) is 0.683. The Labute approximate surface area is 109 Å². The van der Waals surface area contributed by atoms with Crippen molar-refractivity contribution >= 4 is 11.3 Å². The number of thiophene rings is 1. The molecule has 1 aromatic rings. The lowest BCUT2D eigenvalue weighted by Crippen LogP contribution is -2.28. The molecule has 1 unspecified atom stereocenters. The molecule has 0 saturated heterocycles. The second-order valence-corrected chi connectivity index (χ2v) is 5.93. The zero-order valence-electron chi connectivity index (χ0n) is 11.2. The molecule has 17 heavy (non-hydrogen) atoms. The Hall–Kier alpha value is -0.380. The lowest BCUT2D eigenvalue weighted by atomic mass is 10.1. The summed E-state index contributed by atoms with van der Waals surface area (Å²) in [5.41, 5.74) is 0. The first-order chi connectivity index (χ1) is 8.18. The van der Waals surface area contributed by atoms with E-state index in [4.69, 9.17) is 4.74 Å². The van der Waals surface area contributed by atoms with E-state index >= 15 is 0 Å². The summed E-state index contributed by atoms with van der Waals surface area (Å²) in [4.78, 5) is 1.41. The lowest BCUT2D eigenvalue weighted by Gasteiger charge is -2.14. The summed E-state index contributed by atoms with van der Waals surface area (Å²) in [6.07, 6.45) is 2.58. The molecular formula is C14H25NOS. The normalized spacial score (nSPS) is 13.2. The standard InChI is InChI=1S/C14H25NOS/c1-12(2)6-8-15-11-13(3)16-9-7-14-5-4-10-17-14/h4-5,10,12-13,15H,6-9,11H2,1-3H3. The summed E-state index contributed by atoms with van der Waals surface area (Å²) < 4.78 is 5.77. The van der Waals surface area contributed by atoms with Crippen molar-refractivity contribution < 1.29 is 4.74 Å². The molecule has 1 N–H and O–H groups in total. The molecule has 0 amide bonds. The zero-order chi connectivity index (χ0) is 12.5. The van der Waals surface area contributed by atoms with Crippen LogP contribution in [0.3, 0.4) is 0 Å². The van der Waals surface area contributed by atoms with E-state index in [1.807, 2.05) is 0 Å². The van der Waals surface area contributed by atoms with E-state index in [0.29, 0.717) is 6.10 Å². The van der Waals surface area contributed by atoms with Crippen LogP contribution in [0.5, 0.6) is 0 Å². The van der Waals surface area contributed by atoms with E-state index in [1.165, 1.54) is 11.3 Å². The maximum Gasteiger partial charge on any atom is 0.0671 e. The fraction of sp³-hybridized carbons (Fsp3) is 0.714. The Morgan fingerprint density at radius 2 is 2.18 bits per heavy atom. The van der Waals surface area contributed by atoms with Crippen molar-refractivity contribution in [1.29, 1.82) is 0 Å². The van der Waals surface area contributed by atoms with E-state index in [-0.39, 0.29) is 0 Å². The second kappa shape index (κ2) is 8.67. The largest absolute Gasteiger partial charge is 0.377 e. The average Bonchev–Trinajstić information content (AvgIpc) is 2.77. The highest BCUT2D eigenvalue weighted by Crippen LogP contribution is 2.09. The van der Waals surface area contributed by atoms with Crippen LogP contribution in [0.15, 0.2) is 17.5 Å². The molecule has 0 saturated carbocycles. The second-order valence-electron chi connectivity index (χ2n) is 4.90. The van der Waals surface area contributed by atoms with Crippen molar-refractivity contribution in [2.24, 2.45) is 5.92 Å². The van der Waals surface area contributed by atoms with Crippen molar-refractivity contribution in [1.82, 2.24) is 5.32 Å². The minimum Gasteiger partial charge on any atom is -0.377 e. The van der Waals surface area contributed by atoms with Crippen LogP contribution in [-0.2, 0) is 11.2 Å². The van der Waals surface area contributed by atoms with E-state index in [2.05, 4.69) is 43.6 Å². The van der Waals surface area contributed by atoms with Gasteiger partial charge in [0.2, 0.25) is 0 Å². The van der Waals surface area contributed by atoms with Crippen molar-refractivity contribution in [3.05, 3.63) is 22.4 Å². The summed E-state index contributed by atoms with van der Waals surface area (Å²) in [7, 11) is 0. The molecule has 0 aliphatic carbocycles. The van der Waals surface area contributed by atoms with Gasteiger partial charge in [-0.2, -0.15) is 0 Å². The van der Waals surface area contributed by atoms with Gasteiger partial charge in [-0.3, -0.25) is 0 Å². The van der Waals surface area contributed by atoms with Gasteiger partial charge in [0.1, 0.15) is 0 Å². The SMILES string of the molecule is CC(C)CCNCC(C)OCCc1cccs1. The maximum absolute atomic E-state index is 5.77. The molecule has 3 heteroatoms. The van der Waals surface area contributed by atoms with Crippen LogP contribution in [-0.4, -0.2) is 25.8 Å². The summed E-state index contributed by atoms with van der Waals surface area (Å²) in [6, 6.07) is 4.26. The van der Waals surface area contributed by atoms with Crippen LogP contribution in [0.4, 0.5) is 0 Å². The van der Waals surface area contributed by atoms with Crippen LogP contribution >= 0.6 is 11.3 Å². The molecule has 1 atom stereocenters. The van der Waals surface area contributed by atoms with Gasteiger partial charge in [-0.1, -0.05) is 19.9 Å². The van der Waals surface area contributed by atoms with Gasteiger partial charge in [0.15, 0.2) is 0 Å². The minimum atomic E-state index is 0.308. The van der Waals surface area contributed by atoms with Gasteiger partial charge < -0.3 is 10.1 Å². The highest BCUT2D eigenvalue weighted by atomic mass is 32.1. The molecule has 1 heterocycles. The Balaban J connectivity index is 1.96. The van der Waals surface area contributed by atoms with Gasteiger partial charge in [-0.15, -0.1) is 11.3 Å². The minimum absolute atomic E-state index is 0.308. The van der Waals surface area contributed by atoms with E-state index in [9.17, 15) is 0 Å². The molecular weight excluding hydrogens is 230 g/mol. The summed E-state index contributed by atoms with van der Waals surface area (Å²) in [5.74, 6) is 0.776. The third-order valence-electron chi connectivity index (χ3n) is 2.66. The predicted molar refractivity (Wildman–Crippen MR) is 75.8 cm³/mol. The van der Waals surface area contributed by atoms with Gasteiger partial charge in [0.25, 0.3) is 0 Å². The van der Waals surface area contributed by atoms with Crippen molar-refractivity contribution in [3.8, 4) is 0 Å². The van der Waals surface area contributed by atoms with Gasteiger partial charge in [-0.05, 0) is 37.3 Å². The number of nitrogens with one attached hydrogen (secondary N) is 1. The van der Waals surface area contributed by atoms with Gasteiger partial charge in [0, 0.05) is 17.8 Å². The topological polar surface area (TPSA) is 21.3 Å². The van der Waals surface area contributed by atoms with Gasteiger partial charge in [-0.25, -0.2) is 0 Å². The number of ether oxygens (including phenoxy) is 1. The number of hydrogen-bond donors (Lipinski definition) is 1. The van der Waals surface area contributed by atoms with Gasteiger partial charge in [0.05, 0.1) is 12.7 Å². The lowest BCUT2D eigenvalue weighted by molar-refractivity contribution is 0.0684. The molecule has 0 aliphatic rings.